The van der Waals surface area contributed by atoms with Gasteiger partial charge in [0.05, 0.1) is 24.9 Å². The molecule has 82 valence electrons. The zero-order valence-electron chi connectivity index (χ0n) is 9.87. The van der Waals surface area contributed by atoms with Crippen LogP contribution in [0.15, 0.2) is 12.4 Å². The molecule has 0 saturated heterocycles. The van der Waals surface area contributed by atoms with Crippen LogP contribution in [0.1, 0.15) is 5.56 Å². The Labute approximate surface area is 92.5 Å². The molecule has 3 nitrogen and oxygen atoms in total. The van der Waals surface area contributed by atoms with Crippen molar-refractivity contribution in [2.75, 3.05) is 13.7 Å². The van der Waals surface area contributed by atoms with E-state index in [2.05, 4.69) is 36.2 Å². The van der Waals surface area contributed by atoms with Crippen molar-refractivity contribution in [3.63, 3.8) is 0 Å². The zero-order valence-corrected chi connectivity index (χ0v) is 10.9. The van der Waals surface area contributed by atoms with Crippen LogP contribution in [0.25, 0.3) is 0 Å². The molecule has 1 heterocycles. The van der Waals surface area contributed by atoms with E-state index >= 15 is 0 Å². The van der Waals surface area contributed by atoms with Crippen molar-refractivity contribution < 1.29 is 4.74 Å². The number of aromatic nitrogens is 2. The molecule has 4 heteroatoms. The standard InChI is InChI=1S/C11H18N2OSi/c1-14-7-6-13-10-11(9-12-13)5-8-15(2,3)4/h9-10H,6-7H2,1-4H3. The number of rotatable bonds is 3. The second kappa shape index (κ2) is 5.15. The predicted octanol–water partition coefficient (Wildman–Crippen LogP) is 1.76. The normalized spacial score (nSPS) is 10.9. The van der Waals surface area contributed by atoms with E-state index < -0.39 is 8.07 Å². The van der Waals surface area contributed by atoms with Crippen LogP contribution < -0.4 is 0 Å². The molecule has 0 N–H and O–H groups in total. The Morgan fingerprint density at radius 3 is 2.80 bits per heavy atom. The molecule has 0 fully saturated rings. The van der Waals surface area contributed by atoms with Gasteiger partial charge in [0, 0.05) is 13.3 Å². The van der Waals surface area contributed by atoms with E-state index in [9.17, 15) is 0 Å². The molecule has 0 radical (unpaired) electrons. The second-order valence-electron chi connectivity index (χ2n) is 4.48. The Morgan fingerprint density at radius 2 is 2.20 bits per heavy atom. The Bertz CT molecular complexity index is 368. The monoisotopic (exact) mass is 222 g/mol. The summed E-state index contributed by atoms with van der Waals surface area (Å²) in [5.41, 5.74) is 4.31. The summed E-state index contributed by atoms with van der Waals surface area (Å²) in [7, 11) is 0.411. The molecule has 0 spiro atoms. The molecule has 1 aromatic heterocycles. The van der Waals surface area contributed by atoms with Crippen LogP contribution in [-0.4, -0.2) is 31.6 Å². The van der Waals surface area contributed by atoms with Crippen molar-refractivity contribution in [3.05, 3.63) is 18.0 Å². The summed E-state index contributed by atoms with van der Waals surface area (Å²) >= 11 is 0. The summed E-state index contributed by atoms with van der Waals surface area (Å²) in [5, 5.41) is 4.20. The summed E-state index contributed by atoms with van der Waals surface area (Å²) in [6.45, 7) is 8.16. The number of hydrogen-bond acceptors (Lipinski definition) is 2. The van der Waals surface area contributed by atoms with E-state index in [1.54, 1.807) is 7.11 Å². The minimum atomic E-state index is -1.28. The van der Waals surface area contributed by atoms with Gasteiger partial charge in [0.2, 0.25) is 0 Å². The van der Waals surface area contributed by atoms with Crippen molar-refractivity contribution >= 4 is 8.07 Å². The van der Waals surface area contributed by atoms with Crippen molar-refractivity contribution in [3.8, 4) is 11.5 Å². The maximum atomic E-state index is 4.98. The lowest BCUT2D eigenvalue weighted by atomic mass is 10.4. The molecule has 0 atom stereocenters. The number of hydrogen-bond donors (Lipinski definition) is 0. The third kappa shape index (κ3) is 4.82. The second-order valence-corrected chi connectivity index (χ2v) is 9.23. The van der Waals surface area contributed by atoms with Gasteiger partial charge < -0.3 is 4.74 Å². The highest BCUT2D eigenvalue weighted by atomic mass is 28.3. The van der Waals surface area contributed by atoms with Crippen LogP contribution in [0.3, 0.4) is 0 Å². The molecule has 0 aliphatic heterocycles. The first kappa shape index (κ1) is 12.0. The van der Waals surface area contributed by atoms with Gasteiger partial charge in [-0.3, -0.25) is 4.68 Å². The van der Waals surface area contributed by atoms with Gasteiger partial charge in [0.25, 0.3) is 0 Å². The highest BCUT2D eigenvalue weighted by Gasteiger charge is 2.07. The van der Waals surface area contributed by atoms with Gasteiger partial charge in [-0.25, -0.2) is 0 Å². The SMILES string of the molecule is COCCn1cc(C#C[Si](C)(C)C)cn1. The first-order valence-corrected chi connectivity index (χ1v) is 8.56. The molecule has 0 aliphatic carbocycles. The van der Waals surface area contributed by atoms with Gasteiger partial charge in [0.15, 0.2) is 0 Å². The number of methoxy groups -OCH3 is 1. The van der Waals surface area contributed by atoms with Gasteiger partial charge >= 0.3 is 0 Å². The quantitative estimate of drug-likeness (QED) is 0.575. The van der Waals surface area contributed by atoms with Gasteiger partial charge in [-0.15, -0.1) is 5.54 Å². The highest BCUT2D eigenvalue weighted by Crippen LogP contribution is 2.00. The van der Waals surface area contributed by atoms with Crippen LogP contribution in [0.2, 0.25) is 19.6 Å². The fraction of sp³-hybridized carbons (Fsp3) is 0.545. The molecule has 0 unspecified atom stereocenters. The summed E-state index contributed by atoms with van der Waals surface area (Å²) in [6.07, 6.45) is 3.77. The van der Waals surface area contributed by atoms with Gasteiger partial charge in [0.1, 0.15) is 8.07 Å². The number of ether oxygens (including phenoxy) is 1. The average molecular weight is 222 g/mol. The van der Waals surface area contributed by atoms with Crippen LogP contribution in [0, 0.1) is 11.5 Å². The van der Waals surface area contributed by atoms with Crippen molar-refractivity contribution in [1.82, 2.24) is 9.78 Å². The van der Waals surface area contributed by atoms with Crippen molar-refractivity contribution in [1.29, 1.82) is 0 Å². The van der Waals surface area contributed by atoms with Crippen molar-refractivity contribution in [2.24, 2.45) is 0 Å². The molecule has 0 bridgehead atoms. The molecule has 1 aromatic rings. The lowest BCUT2D eigenvalue weighted by Crippen LogP contribution is -2.16. The van der Waals surface area contributed by atoms with Gasteiger partial charge in [-0.1, -0.05) is 25.6 Å². The van der Waals surface area contributed by atoms with E-state index in [0.29, 0.717) is 6.61 Å². The van der Waals surface area contributed by atoms with Gasteiger partial charge in [-0.05, 0) is 0 Å². The maximum absolute atomic E-state index is 4.98. The zero-order chi connectivity index (χ0) is 11.3. The van der Waals surface area contributed by atoms with E-state index in [1.807, 2.05) is 17.1 Å². The van der Waals surface area contributed by atoms with E-state index in [-0.39, 0.29) is 0 Å². The third-order valence-electron chi connectivity index (χ3n) is 1.74. The lowest BCUT2D eigenvalue weighted by Gasteiger charge is -2.02. The summed E-state index contributed by atoms with van der Waals surface area (Å²) in [4.78, 5) is 0. The minimum Gasteiger partial charge on any atom is -0.383 e. The maximum Gasteiger partial charge on any atom is 0.129 e. The van der Waals surface area contributed by atoms with Gasteiger partial charge in [-0.2, -0.15) is 5.10 Å². The fourth-order valence-electron chi connectivity index (χ4n) is 0.995. The third-order valence-corrected chi connectivity index (χ3v) is 2.61. The van der Waals surface area contributed by atoms with Crippen LogP contribution >= 0.6 is 0 Å². The fourth-order valence-corrected chi connectivity index (χ4v) is 1.51. The molecule has 15 heavy (non-hydrogen) atoms. The van der Waals surface area contributed by atoms with Crippen molar-refractivity contribution in [2.45, 2.75) is 26.2 Å². The molecule has 0 saturated carbocycles. The highest BCUT2D eigenvalue weighted by molar-refractivity contribution is 6.83. The first-order chi connectivity index (χ1) is 7.01. The summed E-state index contributed by atoms with van der Waals surface area (Å²) in [5.74, 6) is 3.17. The van der Waals surface area contributed by atoms with E-state index in [0.717, 1.165) is 12.1 Å². The smallest absolute Gasteiger partial charge is 0.129 e. The summed E-state index contributed by atoms with van der Waals surface area (Å²) < 4.78 is 6.84. The Hall–Kier alpha value is -1.05. The predicted molar refractivity (Wildman–Crippen MR) is 64.3 cm³/mol. The van der Waals surface area contributed by atoms with Crippen LogP contribution in [-0.2, 0) is 11.3 Å². The molecule has 1 rings (SSSR count). The average Bonchev–Trinajstić information content (AvgIpc) is 2.58. The first-order valence-electron chi connectivity index (χ1n) is 5.06. The molecule has 0 aromatic carbocycles. The Morgan fingerprint density at radius 1 is 1.47 bits per heavy atom. The largest absolute Gasteiger partial charge is 0.383 e. The summed E-state index contributed by atoms with van der Waals surface area (Å²) in [6, 6.07) is 0. The molecular weight excluding hydrogens is 204 g/mol. The van der Waals surface area contributed by atoms with E-state index in [4.69, 9.17) is 4.74 Å². The molecular formula is C11H18N2OSi. The molecule has 0 aliphatic rings. The van der Waals surface area contributed by atoms with E-state index in [1.165, 1.54) is 0 Å². The van der Waals surface area contributed by atoms with Crippen LogP contribution in [0.5, 0.6) is 0 Å². The topological polar surface area (TPSA) is 27.1 Å². The minimum absolute atomic E-state index is 0.683. The van der Waals surface area contributed by atoms with Crippen LogP contribution in [0.4, 0.5) is 0 Å². The Kier molecular flexibility index (Phi) is 4.12. The Balaban J connectivity index is 2.63. The molecule has 0 amide bonds. The number of nitrogens with zero attached hydrogens (tertiary/aromatic N) is 2. The lowest BCUT2D eigenvalue weighted by molar-refractivity contribution is 0.183.